The molecular weight excluding hydrogens is 241 g/mol. The second kappa shape index (κ2) is 5.85. The summed E-state index contributed by atoms with van der Waals surface area (Å²) < 4.78 is 13.0. The highest BCUT2D eigenvalue weighted by Gasteiger charge is 2.08. The highest BCUT2D eigenvalue weighted by molar-refractivity contribution is 5.64. The zero-order chi connectivity index (χ0) is 13.8. The molecule has 0 spiro atoms. The highest BCUT2D eigenvalue weighted by Crippen LogP contribution is 2.27. The maximum Gasteiger partial charge on any atom is 0.123 e. The Bertz CT molecular complexity index is 551. The number of hydrogen-bond donors (Lipinski definition) is 1. The predicted molar refractivity (Wildman–Crippen MR) is 76.2 cm³/mol. The predicted octanol–water partition coefficient (Wildman–Crippen LogP) is 3.78. The lowest BCUT2D eigenvalue weighted by Crippen LogP contribution is -2.16. The SMILES string of the molecule is CCN(c1ccc(F)cc1)c1ccc(CO)c(C)c1. The van der Waals surface area contributed by atoms with E-state index in [4.69, 9.17) is 0 Å². The number of nitrogens with zero attached hydrogens (tertiary/aromatic N) is 1. The van der Waals surface area contributed by atoms with Gasteiger partial charge in [0.1, 0.15) is 5.82 Å². The summed E-state index contributed by atoms with van der Waals surface area (Å²) in [6, 6.07) is 12.4. The standard InChI is InChI=1S/C16H18FNO/c1-3-18(15-8-5-14(17)6-9-15)16-7-4-13(11-19)12(2)10-16/h4-10,19H,3,11H2,1-2H3. The van der Waals surface area contributed by atoms with E-state index in [1.807, 2.05) is 25.1 Å². The summed E-state index contributed by atoms with van der Waals surface area (Å²) in [4.78, 5) is 2.10. The number of aryl methyl sites for hydroxylation is 1. The van der Waals surface area contributed by atoms with Gasteiger partial charge in [0, 0.05) is 17.9 Å². The summed E-state index contributed by atoms with van der Waals surface area (Å²) in [6.07, 6.45) is 0. The Morgan fingerprint density at radius 3 is 2.21 bits per heavy atom. The topological polar surface area (TPSA) is 23.5 Å². The molecule has 0 saturated heterocycles. The van der Waals surface area contributed by atoms with Gasteiger partial charge in [-0.3, -0.25) is 0 Å². The fourth-order valence-corrected chi connectivity index (χ4v) is 2.16. The van der Waals surface area contributed by atoms with Crippen LogP contribution in [0, 0.1) is 12.7 Å². The van der Waals surface area contributed by atoms with Gasteiger partial charge in [-0.2, -0.15) is 0 Å². The number of anilines is 2. The van der Waals surface area contributed by atoms with Gasteiger partial charge in [-0.15, -0.1) is 0 Å². The number of aliphatic hydroxyl groups excluding tert-OH is 1. The molecule has 0 aliphatic rings. The molecule has 2 aromatic carbocycles. The van der Waals surface area contributed by atoms with Gasteiger partial charge in [-0.05, 0) is 61.4 Å². The van der Waals surface area contributed by atoms with Gasteiger partial charge in [0.25, 0.3) is 0 Å². The molecular formula is C16H18FNO. The molecule has 2 nitrogen and oxygen atoms in total. The second-order valence-corrected chi connectivity index (χ2v) is 4.49. The number of rotatable bonds is 4. The van der Waals surface area contributed by atoms with Crippen LogP contribution in [0.2, 0.25) is 0 Å². The minimum atomic E-state index is -0.230. The van der Waals surface area contributed by atoms with Crippen molar-refractivity contribution in [3.63, 3.8) is 0 Å². The van der Waals surface area contributed by atoms with Crippen LogP contribution in [0.1, 0.15) is 18.1 Å². The molecule has 0 bridgehead atoms. The average molecular weight is 259 g/mol. The van der Waals surface area contributed by atoms with Gasteiger partial charge in [0.15, 0.2) is 0 Å². The monoisotopic (exact) mass is 259 g/mol. The minimum Gasteiger partial charge on any atom is -0.392 e. The van der Waals surface area contributed by atoms with E-state index in [2.05, 4.69) is 11.8 Å². The van der Waals surface area contributed by atoms with Crippen molar-refractivity contribution in [2.45, 2.75) is 20.5 Å². The zero-order valence-corrected chi connectivity index (χ0v) is 11.2. The van der Waals surface area contributed by atoms with Crippen LogP contribution in [0.25, 0.3) is 0 Å². The number of aliphatic hydroxyl groups is 1. The molecule has 2 rings (SSSR count). The van der Waals surface area contributed by atoms with E-state index in [1.54, 1.807) is 12.1 Å². The van der Waals surface area contributed by atoms with Crippen molar-refractivity contribution in [2.24, 2.45) is 0 Å². The molecule has 0 amide bonds. The molecule has 0 fully saturated rings. The summed E-state index contributed by atoms with van der Waals surface area (Å²) in [6.45, 7) is 4.88. The van der Waals surface area contributed by atoms with Crippen molar-refractivity contribution in [2.75, 3.05) is 11.4 Å². The van der Waals surface area contributed by atoms with Crippen LogP contribution in [-0.2, 0) is 6.61 Å². The van der Waals surface area contributed by atoms with Crippen LogP contribution < -0.4 is 4.90 Å². The Morgan fingerprint density at radius 2 is 1.68 bits per heavy atom. The summed E-state index contributed by atoms with van der Waals surface area (Å²) in [7, 11) is 0. The van der Waals surface area contributed by atoms with Crippen LogP contribution >= 0.6 is 0 Å². The molecule has 0 heterocycles. The summed E-state index contributed by atoms with van der Waals surface area (Å²) >= 11 is 0. The maximum absolute atomic E-state index is 13.0. The van der Waals surface area contributed by atoms with Gasteiger partial charge in [-0.1, -0.05) is 6.07 Å². The molecule has 2 aromatic rings. The van der Waals surface area contributed by atoms with Crippen molar-refractivity contribution in [1.82, 2.24) is 0 Å². The fraction of sp³-hybridized carbons (Fsp3) is 0.250. The van der Waals surface area contributed by atoms with Crippen LogP contribution in [-0.4, -0.2) is 11.7 Å². The first-order chi connectivity index (χ1) is 9.15. The molecule has 0 radical (unpaired) electrons. The van der Waals surface area contributed by atoms with Gasteiger partial charge < -0.3 is 10.0 Å². The smallest absolute Gasteiger partial charge is 0.123 e. The quantitative estimate of drug-likeness (QED) is 0.903. The van der Waals surface area contributed by atoms with E-state index in [1.165, 1.54) is 12.1 Å². The molecule has 0 saturated carbocycles. The minimum absolute atomic E-state index is 0.0504. The molecule has 100 valence electrons. The van der Waals surface area contributed by atoms with Gasteiger partial charge in [0.2, 0.25) is 0 Å². The average Bonchev–Trinajstić information content (AvgIpc) is 2.42. The Kier molecular flexibility index (Phi) is 4.17. The summed E-state index contributed by atoms with van der Waals surface area (Å²) in [5.74, 6) is -0.230. The maximum atomic E-state index is 13.0. The third-order valence-corrected chi connectivity index (χ3v) is 3.26. The third kappa shape index (κ3) is 2.93. The largest absolute Gasteiger partial charge is 0.392 e. The van der Waals surface area contributed by atoms with E-state index in [-0.39, 0.29) is 12.4 Å². The van der Waals surface area contributed by atoms with Crippen LogP contribution in [0.15, 0.2) is 42.5 Å². The Morgan fingerprint density at radius 1 is 1.05 bits per heavy atom. The van der Waals surface area contributed by atoms with E-state index in [0.29, 0.717) is 0 Å². The van der Waals surface area contributed by atoms with E-state index in [9.17, 15) is 9.50 Å². The Balaban J connectivity index is 2.36. The van der Waals surface area contributed by atoms with Crippen molar-refractivity contribution >= 4 is 11.4 Å². The summed E-state index contributed by atoms with van der Waals surface area (Å²) in [5.41, 5.74) is 3.99. The molecule has 3 heteroatoms. The van der Waals surface area contributed by atoms with Crippen molar-refractivity contribution in [3.05, 3.63) is 59.4 Å². The summed E-state index contributed by atoms with van der Waals surface area (Å²) in [5, 5.41) is 9.20. The zero-order valence-electron chi connectivity index (χ0n) is 11.2. The fourth-order valence-electron chi connectivity index (χ4n) is 2.16. The number of hydrogen-bond acceptors (Lipinski definition) is 2. The number of halogens is 1. The van der Waals surface area contributed by atoms with Crippen LogP contribution in [0.5, 0.6) is 0 Å². The van der Waals surface area contributed by atoms with Crippen LogP contribution in [0.4, 0.5) is 15.8 Å². The molecule has 0 aliphatic heterocycles. The first kappa shape index (κ1) is 13.6. The molecule has 0 aromatic heterocycles. The molecule has 19 heavy (non-hydrogen) atoms. The van der Waals surface area contributed by atoms with Gasteiger partial charge >= 0.3 is 0 Å². The van der Waals surface area contributed by atoms with Crippen molar-refractivity contribution in [1.29, 1.82) is 0 Å². The Labute approximate surface area is 113 Å². The molecule has 1 N–H and O–H groups in total. The van der Waals surface area contributed by atoms with E-state index in [0.717, 1.165) is 29.0 Å². The van der Waals surface area contributed by atoms with Crippen molar-refractivity contribution in [3.8, 4) is 0 Å². The van der Waals surface area contributed by atoms with E-state index < -0.39 is 0 Å². The number of benzene rings is 2. The lowest BCUT2D eigenvalue weighted by atomic mass is 10.1. The molecule has 0 unspecified atom stereocenters. The molecule has 0 aliphatic carbocycles. The lowest BCUT2D eigenvalue weighted by Gasteiger charge is -2.24. The van der Waals surface area contributed by atoms with Crippen molar-refractivity contribution < 1.29 is 9.50 Å². The van der Waals surface area contributed by atoms with Crippen LogP contribution in [0.3, 0.4) is 0 Å². The van der Waals surface area contributed by atoms with Gasteiger partial charge in [-0.25, -0.2) is 4.39 Å². The second-order valence-electron chi connectivity index (χ2n) is 4.49. The van der Waals surface area contributed by atoms with Gasteiger partial charge in [0.05, 0.1) is 6.61 Å². The first-order valence-corrected chi connectivity index (χ1v) is 6.39. The first-order valence-electron chi connectivity index (χ1n) is 6.39. The molecule has 0 atom stereocenters. The highest BCUT2D eigenvalue weighted by atomic mass is 19.1. The normalized spacial score (nSPS) is 10.5. The third-order valence-electron chi connectivity index (χ3n) is 3.26. The van der Waals surface area contributed by atoms with E-state index >= 15 is 0 Å². The lowest BCUT2D eigenvalue weighted by molar-refractivity contribution is 0.281. The Hall–Kier alpha value is -1.87.